The second-order valence-corrected chi connectivity index (χ2v) is 16.7. The molecule has 44 heavy (non-hydrogen) atoms. The summed E-state index contributed by atoms with van der Waals surface area (Å²) in [5.41, 5.74) is 0.431. The van der Waals surface area contributed by atoms with Crippen LogP contribution in [0, 0.1) is 11.3 Å². The zero-order chi connectivity index (χ0) is 32.4. The minimum atomic E-state index is -3.14. The highest BCUT2D eigenvalue weighted by Gasteiger charge is 2.53. The normalized spacial score (nSPS) is 24.4. The number of amides is 3. The molecule has 0 aliphatic carbocycles. The van der Waals surface area contributed by atoms with E-state index in [2.05, 4.69) is 4.36 Å². The molecule has 5 atom stereocenters. The third kappa shape index (κ3) is 7.43. The molecule has 0 saturated carbocycles. The van der Waals surface area contributed by atoms with Crippen molar-refractivity contribution in [1.29, 1.82) is 0 Å². The van der Waals surface area contributed by atoms with E-state index in [1.165, 1.54) is 0 Å². The number of carboxylic acids is 1. The summed E-state index contributed by atoms with van der Waals surface area (Å²) in [5.74, 6) is -1.96. The van der Waals surface area contributed by atoms with Crippen molar-refractivity contribution in [1.82, 2.24) is 9.80 Å². The summed E-state index contributed by atoms with van der Waals surface area (Å²) in [7, 11) is -3.14. The minimum Gasteiger partial charge on any atom is -0.481 e. The molecule has 240 valence electrons. The molecular formula is C33H43Cl2N3O5S. The lowest BCUT2D eigenvalue weighted by Gasteiger charge is -2.53. The van der Waals surface area contributed by atoms with Crippen molar-refractivity contribution in [2.45, 2.75) is 83.6 Å². The van der Waals surface area contributed by atoms with E-state index in [9.17, 15) is 23.7 Å². The third-order valence-corrected chi connectivity index (χ3v) is 12.3. The SMILES string of the molecule is CC(C)C(CS(=O)(=NC(=O)N1CCCC1)C(C)C)N1C(=O)[C@@](C)(CC(=O)O)C[C@H](c2cccc(Cl)c2)[C@H]1c1ccc(Cl)cc1. The Kier molecular flexibility index (Phi) is 10.7. The van der Waals surface area contributed by atoms with Gasteiger partial charge in [-0.15, -0.1) is 4.36 Å². The lowest BCUT2D eigenvalue weighted by molar-refractivity contribution is -0.161. The van der Waals surface area contributed by atoms with Crippen molar-refractivity contribution in [3.05, 3.63) is 69.7 Å². The number of rotatable bonds is 9. The maximum absolute atomic E-state index is 14.7. The number of likely N-dealkylation sites (tertiary alicyclic amines) is 2. The van der Waals surface area contributed by atoms with Crippen molar-refractivity contribution in [2.24, 2.45) is 15.7 Å². The Morgan fingerprint density at radius 1 is 1.02 bits per heavy atom. The summed E-state index contributed by atoms with van der Waals surface area (Å²) >= 11 is 12.7. The molecule has 2 aromatic rings. The predicted octanol–water partition coefficient (Wildman–Crippen LogP) is 7.65. The van der Waals surface area contributed by atoms with E-state index in [0.717, 1.165) is 24.0 Å². The quantitative estimate of drug-likeness (QED) is 0.296. The number of carbonyl (C=O) groups is 3. The van der Waals surface area contributed by atoms with Crippen molar-refractivity contribution >= 4 is 50.8 Å². The van der Waals surface area contributed by atoms with Crippen LogP contribution in [0.15, 0.2) is 52.9 Å². The van der Waals surface area contributed by atoms with Gasteiger partial charge in [0.15, 0.2) is 0 Å². The van der Waals surface area contributed by atoms with Gasteiger partial charge in [-0.2, -0.15) is 0 Å². The Morgan fingerprint density at radius 2 is 1.66 bits per heavy atom. The highest BCUT2D eigenvalue weighted by atomic mass is 35.5. The van der Waals surface area contributed by atoms with Gasteiger partial charge in [-0.05, 0) is 60.6 Å². The number of nitrogens with zero attached hydrogens (tertiary/aromatic N) is 3. The Labute approximate surface area is 271 Å². The molecule has 2 aromatic carbocycles. The van der Waals surface area contributed by atoms with Gasteiger partial charge in [0.25, 0.3) is 0 Å². The summed E-state index contributed by atoms with van der Waals surface area (Å²) in [6.07, 6.45) is 1.67. The first kappa shape index (κ1) is 34.3. The van der Waals surface area contributed by atoms with Gasteiger partial charge in [-0.1, -0.05) is 82.1 Å². The number of piperidine rings is 1. The van der Waals surface area contributed by atoms with Crippen molar-refractivity contribution < 1.29 is 23.7 Å². The zero-order valence-corrected chi connectivity index (χ0v) is 28.4. The number of benzene rings is 2. The fourth-order valence-electron chi connectivity index (χ4n) is 6.52. The van der Waals surface area contributed by atoms with Crippen LogP contribution in [-0.4, -0.2) is 67.2 Å². The van der Waals surface area contributed by atoms with E-state index < -0.39 is 44.5 Å². The first-order chi connectivity index (χ1) is 20.6. The molecule has 2 aliphatic heterocycles. The maximum atomic E-state index is 14.7. The van der Waals surface area contributed by atoms with Gasteiger partial charge >= 0.3 is 12.0 Å². The van der Waals surface area contributed by atoms with Gasteiger partial charge in [-0.25, -0.2) is 9.00 Å². The monoisotopic (exact) mass is 663 g/mol. The molecule has 0 radical (unpaired) electrons. The van der Waals surface area contributed by atoms with Gasteiger partial charge in [0.2, 0.25) is 5.91 Å². The molecular weight excluding hydrogens is 621 g/mol. The van der Waals surface area contributed by atoms with Crippen LogP contribution in [0.4, 0.5) is 4.79 Å². The number of hydrogen-bond donors (Lipinski definition) is 1. The predicted molar refractivity (Wildman–Crippen MR) is 176 cm³/mol. The van der Waals surface area contributed by atoms with E-state index in [0.29, 0.717) is 23.1 Å². The van der Waals surface area contributed by atoms with E-state index >= 15 is 0 Å². The standard InChI is InChI=1S/C33H43Cl2N3O5S/c1-21(2)28(20-44(43,22(3)4)36-32(42)37-15-6-7-16-37)38-30(23-11-13-25(34)14-12-23)27(24-9-8-10-26(35)17-24)18-33(5,31(38)41)19-29(39)40/h8-14,17,21-22,27-28,30H,6-7,15-16,18-20H2,1-5H3,(H,39,40)/t27-,28?,30-,33-,44?/m1/s1. The molecule has 0 bridgehead atoms. The van der Waals surface area contributed by atoms with E-state index in [1.807, 2.05) is 44.2 Å². The van der Waals surface area contributed by atoms with Crippen LogP contribution in [0.2, 0.25) is 10.0 Å². The second-order valence-electron chi connectivity index (χ2n) is 13.0. The number of hydrogen-bond acceptors (Lipinski definition) is 4. The first-order valence-corrected chi connectivity index (χ1v) is 17.7. The van der Waals surface area contributed by atoms with E-state index in [1.54, 1.807) is 48.8 Å². The molecule has 2 aliphatic rings. The molecule has 2 saturated heterocycles. The largest absolute Gasteiger partial charge is 0.481 e. The summed E-state index contributed by atoms with van der Waals surface area (Å²) in [6.45, 7) is 10.4. The topological polar surface area (TPSA) is 107 Å². The minimum absolute atomic E-state index is 0.0246. The Morgan fingerprint density at radius 3 is 2.20 bits per heavy atom. The third-order valence-electron chi connectivity index (χ3n) is 9.01. The van der Waals surface area contributed by atoms with Crippen LogP contribution in [0.25, 0.3) is 0 Å². The number of urea groups is 1. The van der Waals surface area contributed by atoms with E-state index in [4.69, 9.17) is 23.2 Å². The lowest BCUT2D eigenvalue weighted by atomic mass is 9.66. The van der Waals surface area contributed by atoms with Crippen LogP contribution >= 0.6 is 23.2 Å². The lowest BCUT2D eigenvalue weighted by Crippen LogP contribution is -2.59. The smallest absolute Gasteiger partial charge is 0.351 e. The summed E-state index contributed by atoms with van der Waals surface area (Å²) in [5, 5.41) is 10.6. The van der Waals surface area contributed by atoms with Gasteiger partial charge in [0.05, 0.1) is 33.4 Å². The summed E-state index contributed by atoms with van der Waals surface area (Å²) < 4.78 is 19.0. The Balaban J connectivity index is 1.93. The van der Waals surface area contributed by atoms with Crippen molar-refractivity contribution in [2.75, 3.05) is 18.8 Å². The van der Waals surface area contributed by atoms with E-state index in [-0.39, 0.29) is 36.3 Å². The molecule has 0 spiro atoms. The molecule has 1 N–H and O–H groups in total. The number of aliphatic carboxylic acids is 1. The molecule has 2 unspecified atom stereocenters. The fourth-order valence-corrected chi connectivity index (χ4v) is 8.93. The maximum Gasteiger partial charge on any atom is 0.351 e. The van der Waals surface area contributed by atoms with Crippen LogP contribution < -0.4 is 0 Å². The highest BCUT2D eigenvalue weighted by molar-refractivity contribution is 7.94. The molecule has 11 heteroatoms. The second kappa shape index (κ2) is 13.8. The average molecular weight is 665 g/mol. The molecule has 2 heterocycles. The number of halogens is 2. The van der Waals surface area contributed by atoms with Crippen LogP contribution in [0.3, 0.4) is 0 Å². The molecule has 3 amide bonds. The fraction of sp³-hybridized carbons (Fsp3) is 0.545. The summed E-state index contributed by atoms with van der Waals surface area (Å²) in [4.78, 5) is 43.5. The molecule has 8 nitrogen and oxygen atoms in total. The van der Waals surface area contributed by atoms with Gasteiger partial charge in [-0.3, -0.25) is 9.59 Å². The molecule has 2 fully saturated rings. The average Bonchev–Trinajstić information content (AvgIpc) is 3.49. The first-order valence-electron chi connectivity index (χ1n) is 15.2. The van der Waals surface area contributed by atoms with Gasteiger partial charge < -0.3 is 14.9 Å². The Hall–Kier alpha value is -2.62. The zero-order valence-electron chi connectivity index (χ0n) is 26.0. The number of carboxylic acid groups (broad SMARTS) is 1. The molecule has 4 rings (SSSR count). The molecule has 0 aromatic heterocycles. The van der Waals surface area contributed by atoms with Crippen molar-refractivity contribution in [3.8, 4) is 0 Å². The highest BCUT2D eigenvalue weighted by Crippen LogP contribution is 2.52. The van der Waals surface area contributed by atoms with Crippen LogP contribution in [0.5, 0.6) is 0 Å². The van der Waals surface area contributed by atoms with Gasteiger partial charge in [0.1, 0.15) is 0 Å². The van der Waals surface area contributed by atoms with Gasteiger partial charge in [0, 0.05) is 40.3 Å². The van der Waals surface area contributed by atoms with Crippen LogP contribution in [0.1, 0.15) is 83.4 Å². The Bertz CT molecular complexity index is 1500. The summed E-state index contributed by atoms with van der Waals surface area (Å²) in [6, 6.07) is 13.1. The van der Waals surface area contributed by atoms with Crippen molar-refractivity contribution in [3.63, 3.8) is 0 Å². The number of carbonyl (C=O) groups excluding carboxylic acids is 2. The van der Waals surface area contributed by atoms with Crippen LogP contribution in [-0.2, 0) is 19.3 Å².